The molecule has 10 heteroatoms. The molecule has 4 aromatic rings. The van der Waals surface area contributed by atoms with Crippen molar-refractivity contribution in [2.24, 2.45) is 5.92 Å². The number of anilines is 2. The maximum atomic E-state index is 11.8. The Bertz CT molecular complexity index is 1150. The van der Waals surface area contributed by atoms with Gasteiger partial charge in [-0.3, -0.25) is 4.79 Å². The molecule has 0 saturated heterocycles. The predicted molar refractivity (Wildman–Crippen MR) is 180 cm³/mol. The summed E-state index contributed by atoms with van der Waals surface area (Å²) in [4.78, 5) is 24.2. The van der Waals surface area contributed by atoms with Crippen LogP contribution in [0.3, 0.4) is 0 Å². The maximum Gasteiger partial charge on any atom is 0.180 e. The number of nitrogen functional groups attached to an aromatic ring is 2. The van der Waals surface area contributed by atoms with Gasteiger partial charge in [-0.2, -0.15) is 0 Å². The van der Waals surface area contributed by atoms with E-state index < -0.39 is 0 Å². The molecule has 5 rings (SSSR count). The molecule has 0 aliphatic heterocycles. The zero-order valence-electron chi connectivity index (χ0n) is 22.0. The molecule has 0 bridgehead atoms. The molecule has 0 aromatic carbocycles. The molecule has 0 atom stereocenters. The number of nitrogens with two attached hydrogens (primary N) is 2. The predicted octanol–water partition coefficient (Wildman–Crippen LogP) is 10.0. The molecule has 4 aromatic heterocycles. The molecule has 4 N–H and O–H groups in total. The van der Waals surface area contributed by atoms with Gasteiger partial charge in [0.1, 0.15) is 5.76 Å². The molecule has 4 heterocycles. The van der Waals surface area contributed by atoms with Crippen molar-refractivity contribution in [2.75, 3.05) is 11.5 Å². The van der Waals surface area contributed by atoms with Crippen molar-refractivity contribution in [2.45, 2.75) is 103 Å². The van der Waals surface area contributed by atoms with Crippen LogP contribution in [0, 0.1) is 47.5 Å². The van der Waals surface area contributed by atoms with Gasteiger partial charge in [-0.05, 0) is 59.6 Å². The molecular weight excluding hydrogens is 559 g/mol. The van der Waals surface area contributed by atoms with Gasteiger partial charge >= 0.3 is 0 Å². The summed E-state index contributed by atoms with van der Waals surface area (Å²) in [5.74, 6) is 1.93. The van der Waals surface area contributed by atoms with Gasteiger partial charge in [-0.1, -0.05) is 60.5 Å². The van der Waals surface area contributed by atoms with E-state index in [2.05, 4.69) is 22.0 Å². The number of rotatable bonds is 3. The zero-order chi connectivity index (χ0) is 26.7. The van der Waals surface area contributed by atoms with Crippen LogP contribution in [0.2, 0.25) is 0 Å². The number of ketones is 1. The Morgan fingerprint density at radius 2 is 1.50 bits per heavy atom. The van der Waals surface area contributed by atoms with Crippen molar-refractivity contribution in [1.29, 1.82) is 0 Å². The van der Waals surface area contributed by atoms with Gasteiger partial charge in [0, 0.05) is 32.8 Å². The summed E-state index contributed by atoms with van der Waals surface area (Å²) in [7, 11) is 0. The second-order valence-corrected chi connectivity index (χ2v) is 12.5. The van der Waals surface area contributed by atoms with Crippen molar-refractivity contribution in [3.63, 3.8) is 0 Å². The Kier molecular flexibility index (Phi) is 22.2. The van der Waals surface area contributed by atoms with Crippen LogP contribution < -0.4 is 11.5 Å². The van der Waals surface area contributed by atoms with Crippen LogP contribution in [-0.2, 0) is 0 Å². The fourth-order valence-electron chi connectivity index (χ4n) is 3.38. The van der Waals surface area contributed by atoms with Crippen LogP contribution in [0.1, 0.15) is 103 Å². The van der Waals surface area contributed by atoms with E-state index >= 15 is 0 Å². The van der Waals surface area contributed by atoms with E-state index in [0.717, 1.165) is 33.2 Å². The Balaban J connectivity index is -0.000000463. The van der Waals surface area contributed by atoms with Crippen LogP contribution >= 0.6 is 34.0 Å². The van der Waals surface area contributed by atoms with E-state index in [9.17, 15) is 4.79 Å². The lowest BCUT2D eigenvalue weighted by Gasteiger charge is -2.05. The van der Waals surface area contributed by atoms with E-state index in [1.807, 2.05) is 46.8 Å². The molecule has 0 amide bonds. The fourth-order valence-corrected chi connectivity index (χ4v) is 5.43. The van der Waals surface area contributed by atoms with Gasteiger partial charge in [0.25, 0.3) is 0 Å². The largest absolute Gasteiger partial charge is 0.375 e. The fraction of sp³-hybridized carbons (Fsp3) is 0.533. The molecule has 1 aliphatic carbocycles. The highest BCUT2D eigenvalue weighted by Gasteiger charge is 2.19. The number of hydrogen-bond donors (Lipinski definition) is 2. The summed E-state index contributed by atoms with van der Waals surface area (Å²) in [6, 6.07) is 4.00. The van der Waals surface area contributed by atoms with Gasteiger partial charge in [0.2, 0.25) is 0 Å². The Labute approximate surface area is 255 Å². The van der Waals surface area contributed by atoms with E-state index in [1.165, 1.54) is 58.1 Å². The number of hydrogen-bond acceptors (Lipinski definition) is 10. The van der Waals surface area contributed by atoms with Crippen LogP contribution in [0.15, 0.2) is 29.0 Å². The molecule has 7 nitrogen and oxygen atoms in total. The second-order valence-electron chi connectivity index (χ2n) is 8.76. The van der Waals surface area contributed by atoms with Gasteiger partial charge in [0.05, 0.1) is 16.8 Å². The third-order valence-electron chi connectivity index (χ3n) is 5.64. The Morgan fingerprint density at radius 3 is 1.77 bits per heavy atom. The summed E-state index contributed by atoms with van der Waals surface area (Å²) in [5.41, 5.74) is 12.8. The first-order valence-corrected chi connectivity index (χ1v) is 14.3. The third kappa shape index (κ3) is 15.3. The summed E-state index contributed by atoms with van der Waals surface area (Å²) in [6.07, 6.45) is 9.41. The lowest BCUT2D eigenvalue weighted by molar-refractivity contribution is 0.0966. The van der Waals surface area contributed by atoms with Gasteiger partial charge < -0.3 is 16.0 Å². The first-order valence-electron chi connectivity index (χ1n) is 11.9. The number of carbonyl (C=O) groups is 1. The molecule has 0 spiro atoms. The van der Waals surface area contributed by atoms with Crippen LogP contribution in [-0.4, -0.2) is 20.9 Å². The molecule has 0 unspecified atom stereocenters. The highest BCUT2D eigenvalue weighted by molar-refractivity contribution is 7.15. The lowest BCUT2D eigenvalue weighted by atomic mass is 10.0. The molecule has 1 fully saturated rings. The van der Waals surface area contributed by atoms with Crippen LogP contribution in [0.5, 0.6) is 0 Å². The highest BCUT2D eigenvalue weighted by atomic mass is 32.1. The molecule has 1 saturated carbocycles. The summed E-state index contributed by atoms with van der Waals surface area (Å²) >= 11 is 4.67. The smallest absolute Gasteiger partial charge is 0.180 e. The molecule has 0 radical (unpaired) electrons. The number of nitrogens with zero attached hydrogens (tertiary/aromatic N) is 3. The van der Waals surface area contributed by atoms with Crippen molar-refractivity contribution in [3.8, 4) is 0 Å². The topological polar surface area (TPSA) is 121 Å². The third-order valence-corrected chi connectivity index (χ3v) is 8.33. The van der Waals surface area contributed by atoms with Crippen LogP contribution in [0.4, 0.5) is 10.3 Å². The second kappa shape index (κ2) is 21.2. The molecular formula is C30H53N5O2S3. The van der Waals surface area contributed by atoms with Crippen molar-refractivity contribution >= 4 is 50.1 Å². The summed E-state index contributed by atoms with van der Waals surface area (Å²) in [5, 5.41) is 4.86. The number of thiazole rings is 2. The maximum absolute atomic E-state index is 11.8. The standard InChI is InChI=1S/C12H16OS.C5H8N2S.C5H7NO.C4H6N2S.4CH4/c1-9-6-7-12(14-9)11(13)8-10-4-2-3-5-10;1-3-4(2)8-5(6)7-3;1-4-3-6-7-5(4)2;1-3-2-6-4(5)7-3;;;;/h6-7,10H,2-5,8H2,1H3;1-2H3,(H2,6,7);3H,1-2H3;2H,1H3,(H2,5,6);4*1H4. The summed E-state index contributed by atoms with van der Waals surface area (Å²) < 4.78 is 4.71. The first-order chi connectivity index (χ1) is 17.0. The summed E-state index contributed by atoms with van der Waals surface area (Å²) in [6.45, 7) is 11.9. The van der Waals surface area contributed by atoms with Crippen molar-refractivity contribution in [1.82, 2.24) is 15.1 Å². The molecule has 1 aliphatic rings. The number of aromatic nitrogens is 3. The number of thiophene rings is 1. The monoisotopic (exact) mass is 611 g/mol. The average Bonchev–Trinajstić information content (AvgIpc) is 3.64. The molecule has 228 valence electrons. The average molecular weight is 612 g/mol. The highest BCUT2D eigenvalue weighted by Crippen LogP contribution is 2.29. The van der Waals surface area contributed by atoms with E-state index in [1.54, 1.807) is 23.7 Å². The van der Waals surface area contributed by atoms with E-state index in [-0.39, 0.29) is 29.7 Å². The SMILES string of the molecule is C.C.C.C.Cc1ccc(C(=O)CC2CCCC2)s1.Cc1cnc(N)s1.Cc1cnoc1C.Cc1nc(N)sc1C. The quantitative estimate of drug-likeness (QED) is 0.221. The lowest BCUT2D eigenvalue weighted by Crippen LogP contribution is -2.03. The number of carbonyl (C=O) groups excluding carboxylic acids is 1. The minimum absolute atomic E-state index is 0. The van der Waals surface area contributed by atoms with Gasteiger partial charge in [0.15, 0.2) is 16.0 Å². The minimum atomic E-state index is 0. The van der Waals surface area contributed by atoms with Crippen LogP contribution in [0.25, 0.3) is 0 Å². The number of Topliss-reactive ketones (excluding diaryl/α,β-unsaturated/α-hetero) is 1. The Hall–Kier alpha value is -2.56. The first kappa shape index (κ1) is 41.9. The number of aryl methyl sites for hydroxylation is 6. The van der Waals surface area contributed by atoms with Crippen molar-refractivity contribution in [3.05, 3.63) is 61.1 Å². The molecule has 40 heavy (non-hydrogen) atoms. The van der Waals surface area contributed by atoms with Gasteiger partial charge in [-0.25, -0.2) is 9.97 Å². The minimum Gasteiger partial charge on any atom is -0.375 e. The van der Waals surface area contributed by atoms with E-state index in [4.69, 9.17) is 16.0 Å². The Morgan fingerprint density at radius 1 is 0.875 bits per heavy atom. The van der Waals surface area contributed by atoms with E-state index in [0.29, 0.717) is 22.0 Å². The zero-order valence-corrected chi connectivity index (χ0v) is 24.4. The normalized spacial score (nSPS) is 11.3. The van der Waals surface area contributed by atoms with Crippen molar-refractivity contribution < 1.29 is 9.32 Å². The van der Waals surface area contributed by atoms with Gasteiger partial charge in [-0.15, -0.1) is 34.0 Å².